The summed E-state index contributed by atoms with van der Waals surface area (Å²) >= 11 is 0. The molecule has 1 aliphatic carbocycles. The van der Waals surface area contributed by atoms with E-state index in [2.05, 4.69) is 10.6 Å². The van der Waals surface area contributed by atoms with Gasteiger partial charge in [0.05, 0.1) is 6.61 Å². The summed E-state index contributed by atoms with van der Waals surface area (Å²) in [4.78, 5) is 41.6. The number of aliphatic hydroxyl groups is 1. The SMILES string of the molecule is Cc1cc(C(C(=O)NC2CCCCC2)N(CCO)C(=O)C(CC(C)C)NC(=O)OC(C)(C)C)ccc1O. The Balaban J connectivity index is 2.45. The number of carbonyl (C=O) groups excluding carboxylic acids is 3. The van der Waals surface area contributed by atoms with Gasteiger partial charge in [-0.25, -0.2) is 4.79 Å². The summed E-state index contributed by atoms with van der Waals surface area (Å²) in [6.07, 6.45) is 4.54. The lowest BCUT2D eigenvalue weighted by Gasteiger charge is -2.36. The third-order valence-electron chi connectivity index (χ3n) is 6.37. The van der Waals surface area contributed by atoms with Crippen molar-refractivity contribution in [2.24, 2.45) is 5.92 Å². The van der Waals surface area contributed by atoms with Crippen molar-refractivity contribution in [3.05, 3.63) is 29.3 Å². The molecule has 1 saturated carbocycles. The number of amides is 3. The van der Waals surface area contributed by atoms with Crippen LogP contribution in [0, 0.1) is 12.8 Å². The zero-order valence-electron chi connectivity index (χ0n) is 23.2. The molecule has 2 atom stereocenters. The van der Waals surface area contributed by atoms with E-state index < -0.39 is 29.7 Å². The van der Waals surface area contributed by atoms with Crippen molar-refractivity contribution in [3.8, 4) is 5.75 Å². The van der Waals surface area contributed by atoms with Crippen molar-refractivity contribution in [1.29, 1.82) is 0 Å². The fourth-order valence-corrected chi connectivity index (χ4v) is 4.67. The third-order valence-corrected chi connectivity index (χ3v) is 6.37. The van der Waals surface area contributed by atoms with Crippen molar-refractivity contribution in [3.63, 3.8) is 0 Å². The molecule has 4 N–H and O–H groups in total. The van der Waals surface area contributed by atoms with Gasteiger partial charge >= 0.3 is 6.09 Å². The van der Waals surface area contributed by atoms with Gasteiger partial charge in [0.15, 0.2) is 0 Å². The number of rotatable bonds is 10. The molecule has 2 rings (SSSR count). The van der Waals surface area contributed by atoms with Crippen LogP contribution < -0.4 is 10.6 Å². The van der Waals surface area contributed by atoms with Crippen molar-refractivity contribution in [1.82, 2.24) is 15.5 Å². The molecule has 1 fully saturated rings. The first-order chi connectivity index (χ1) is 17.3. The summed E-state index contributed by atoms with van der Waals surface area (Å²) in [5.41, 5.74) is 0.340. The Morgan fingerprint density at radius 2 is 1.78 bits per heavy atom. The fraction of sp³-hybridized carbons (Fsp3) is 0.679. The molecular weight excluding hydrogens is 474 g/mol. The van der Waals surface area contributed by atoms with E-state index in [0.717, 1.165) is 32.1 Å². The maximum absolute atomic E-state index is 13.9. The van der Waals surface area contributed by atoms with E-state index in [1.165, 1.54) is 11.0 Å². The number of hydrogen-bond donors (Lipinski definition) is 4. The number of nitrogens with one attached hydrogen (secondary N) is 2. The van der Waals surface area contributed by atoms with E-state index in [0.29, 0.717) is 17.5 Å². The molecule has 1 aliphatic rings. The highest BCUT2D eigenvalue weighted by atomic mass is 16.6. The molecule has 9 heteroatoms. The van der Waals surface area contributed by atoms with Gasteiger partial charge in [-0.2, -0.15) is 0 Å². The van der Waals surface area contributed by atoms with Gasteiger partial charge in [-0.05, 0) is 76.1 Å². The molecular formula is C28H45N3O6. The molecule has 208 valence electrons. The molecule has 3 amide bonds. The smallest absolute Gasteiger partial charge is 0.408 e. The molecule has 0 saturated heterocycles. The lowest BCUT2D eigenvalue weighted by molar-refractivity contribution is -0.143. The summed E-state index contributed by atoms with van der Waals surface area (Å²) < 4.78 is 5.38. The normalized spacial score (nSPS) is 16.1. The fourth-order valence-electron chi connectivity index (χ4n) is 4.67. The lowest BCUT2D eigenvalue weighted by Crippen LogP contribution is -2.54. The number of ether oxygens (including phenoxy) is 1. The zero-order chi connectivity index (χ0) is 27.8. The summed E-state index contributed by atoms with van der Waals surface area (Å²) in [5, 5.41) is 25.8. The number of carbonyl (C=O) groups is 3. The van der Waals surface area contributed by atoms with Crippen LogP contribution in [0.25, 0.3) is 0 Å². The minimum atomic E-state index is -1.05. The van der Waals surface area contributed by atoms with Crippen LogP contribution in [0.1, 0.15) is 90.3 Å². The highest BCUT2D eigenvalue weighted by molar-refractivity contribution is 5.92. The Hall–Kier alpha value is -2.81. The van der Waals surface area contributed by atoms with Gasteiger partial charge in [-0.15, -0.1) is 0 Å². The van der Waals surface area contributed by atoms with E-state index >= 15 is 0 Å². The lowest BCUT2D eigenvalue weighted by atomic mass is 9.94. The molecule has 9 nitrogen and oxygen atoms in total. The van der Waals surface area contributed by atoms with Crippen LogP contribution >= 0.6 is 0 Å². The Bertz CT molecular complexity index is 921. The zero-order valence-corrected chi connectivity index (χ0v) is 23.2. The molecule has 0 radical (unpaired) electrons. The van der Waals surface area contributed by atoms with Crippen LogP contribution in [0.3, 0.4) is 0 Å². The first-order valence-electron chi connectivity index (χ1n) is 13.3. The largest absolute Gasteiger partial charge is 0.508 e. The molecule has 37 heavy (non-hydrogen) atoms. The van der Waals surface area contributed by atoms with Gasteiger partial charge in [0.2, 0.25) is 11.8 Å². The van der Waals surface area contributed by atoms with Crippen LogP contribution in [0.2, 0.25) is 0 Å². The van der Waals surface area contributed by atoms with Crippen molar-refractivity contribution >= 4 is 17.9 Å². The first-order valence-corrected chi connectivity index (χ1v) is 13.3. The Morgan fingerprint density at radius 3 is 2.32 bits per heavy atom. The van der Waals surface area contributed by atoms with Crippen molar-refractivity contribution < 1.29 is 29.3 Å². The van der Waals surface area contributed by atoms with E-state index in [4.69, 9.17) is 4.74 Å². The number of aryl methyl sites for hydroxylation is 1. The van der Waals surface area contributed by atoms with Crippen LogP contribution in [0.5, 0.6) is 5.75 Å². The maximum atomic E-state index is 13.9. The third kappa shape index (κ3) is 9.54. The number of phenols is 1. The highest BCUT2D eigenvalue weighted by Gasteiger charge is 2.37. The summed E-state index contributed by atoms with van der Waals surface area (Å²) in [6.45, 7) is 10.3. The second-order valence-corrected chi connectivity index (χ2v) is 11.4. The molecule has 0 aliphatic heterocycles. The number of aliphatic hydroxyl groups excluding tert-OH is 1. The van der Waals surface area contributed by atoms with E-state index in [9.17, 15) is 24.6 Å². The summed E-state index contributed by atoms with van der Waals surface area (Å²) in [6, 6.07) is 2.80. The predicted octanol–water partition coefficient (Wildman–Crippen LogP) is 3.95. The van der Waals surface area contributed by atoms with Gasteiger partial charge in [-0.3, -0.25) is 9.59 Å². The second kappa shape index (κ2) is 13.7. The summed E-state index contributed by atoms with van der Waals surface area (Å²) in [5.74, 6) is -0.688. The van der Waals surface area contributed by atoms with Gasteiger partial charge in [-0.1, -0.05) is 39.2 Å². The second-order valence-electron chi connectivity index (χ2n) is 11.4. The molecule has 0 heterocycles. The van der Waals surface area contributed by atoms with Gasteiger partial charge in [0.1, 0.15) is 23.4 Å². The van der Waals surface area contributed by atoms with E-state index in [1.54, 1.807) is 39.8 Å². The number of hydrogen-bond acceptors (Lipinski definition) is 6. The average Bonchev–Trinajstić information content (AvgIpc) is 2.79. The minimum Gasteiger partial charge on any atom is -0.508 e. The predicted molar refractivity (Wildman–Crippen MR) is 142 cm³/mol. The Morgan fingerprint density at radius 1 is 1.14 bits per heavy atom. The molecule has 0 spiro atoms. The Kier molecular flexibility index (Phi) is 11.2. The number of alkyl carbamates (subject to hydrolysis) is 1. The van der Waals surface area contributed by atoms with E-state index in [-0.39, 0.29) is 36.8 Å². The standard InChI is InChI=1S/C28H45N3O6/c1-18(2)16-22(30-27(36)37-28(4,5)6)26(35)31(14-15-32)24(20-12-13-23(33)19(3)17-20)25(34)29-21-10-8-7-9-11-21/h12-13,17-18,21-22,24,32-33H,7-11,14-16H2,1-6H3,(H,29,34)(H,30,36). The number of phenolic OH excluding ortho intramolecular Hbond substituents is 1. The molecule has 2 unspecified atom stereocenters. The van der Waals surface area contributed by atoms with Crippen LogP contribution in [-0.2, 0) is 14.3 Å². The van der Waals surface area contributed by atoms with Crippen molar-refractivity contribution in [2.45, 2.75) is 104 Å². The maximum Gasteiger partial charge on any atom is 0.408 e. The topological polar surface area (TPSA) is 128 Å². The van der Waals surface area contributed by atoms with Crippen LogP contribution in [0.15, 0.2) is 18.2 Å². The number of benzene rings is 1. The number of aromatic hydroxyl groups is 1. The molecule has 1 aromatic carbocycles. The first kappa shape index (κ1) is 30.4. The van der Waals surface area contributed by atoms with Gasteiger partial charge in [0.25, 0.3) is 0 Å². The van der Waals surface area contributed by atoms with Crippen LogP contribution in [0.4, 0.5) is 4.79 Å². The highest BCUT2D eigenvalue weighted by Crippen LogP contribution is 2.28. The van der Waals surface area contributed by atoms with Crippen LogP contribution in [-0.4, -0.2) is 63.9 Å². The van der Waals surface area contributed by atoms with Gasteiger partial charge < -0.3 is 30.5 Å². The van der Waals surface area contributed by atoms with Gasteiger partial charge in [0, 0.05) is 12.6 Å². The monoisotopic (exact) mass is 519 g/mol. The minimum absolute atomic E-state index is 0.0133. The Labute approximate surface area is 221 Å². The molecule has 0 bridgehead atoms. The number of nitrogens with zero attached hydrogens (tertiary/aromatic N) is 1. The van der Waals surface area contributed by atoms with Crippen molar-refractivity contribution in [2.75, 3.05) is 13.2 Å². The summed E-state index contributed by atoms with van der Waals surface area (Å²) in [7, 11) is 0. The van der Waals surface area contributed by atoms with E-state index in [1.807, 2.05) is 13.8 Å². The quantitative estimate of drug-likeness (QED) is 0.371. The molecule has 0 aromatic heterocycles. The molecule has 1 aromatic rings. The average molecular weight is 520 g/mol.